The lowest BCUT2D eigenvalue weighted by molar-refractivity contribution is 0.0209. The van der Waals surface area contributed by atoms with E-state index >= 15 is 0 Å². The highest BCUT2D eigenvalue weighted by atomic mass is 16.5. The SMILES string of the molecule is CCc1cc(NC2COC2)nc(CC)n1. The molecule has 1 aromatic heterocycles. The topological polar surface area (TPSA) is 47.0 Å². The predicted molar refractivity (Wildman–Crippen MR) is 59.0 cm³/mol. The Bertz CT molecular complexity index is 314. The Morgan fingerprint density at radius 1 is 1.33 bits per heavy atom. The molecule has 0 bridgehead atoms. The molecule has 1 aliphatic heterocycles. The van der Waals surface area contributed by atoms with Gasteiger partial charge in [0.05, 0.1) is 19.3 Å². The van der Waals surface area contributed by atoms with Crippen molar-refractivity contribution in [1.82, 2.24) is 9.97 Å². The van der Waals surface area contributed by atoms with E-state index in [0.29, 0.717) is 6.04 Å². The molecule has 4 nitrogen and oxygen atoms in total. The number of ether oxygens (including phenoxy) is 1. The van der Waals surface area contributed by atoms with Gasteiger partial charge in [-0.1, -0.05) is 13.8 Å². The lowest BCUT2D eigenvalue weighted by Gasteiger charge is -2.27. The Morgan fingerprint density at radius 2 is 2.13 bits per heavy atom. The Hall–Kier alpha value is -1.16. The van der Waals surface area contributed by atoms with Crippen molar-refractivity contribution in [2.24, 2.45) is 0 Å². The molecule has 15 heavy (non-hydrogen) atoms. The lowest BCUT2D eigenvalue weighted by atomic mass is 10.2. The standard InChI is InChI=1S/C11H17N3O/c1-3-8-5-11(13-9-6-15-7-9)14-10(4-2)12-8/h5,9H,3-4,6-7H2,1-2H3,(H,12,13,14). The van der Waals surface area contributed by atoms with Crippen LogP contribution in [0.5, 0.6) is 0 Å². The molecule has 4 heteroatoms. The van der Waals surface area contributed by atoms with E-state index < -0.39 is 0 Å². The van der Waals surface area contributed by atoms with Crippen molar-refractivity contribution >= 4 is 5.82 Å². The van der Waals surface area contributed by atoms with E-state index in [4.69, 9.17) is 4.74 Å². The first-order valence-electron chi connectivity index (χ1n) is 5.53. The predicted octanol–water partition coefficient (Wildman–Crippen LogP) is 1.41. The third kappa shape index (κ3) is 2.45. The van der Waals surface area contributed by atoms with E-state index in [1.54, 1.807) is 0 Å². The maximum atomic E-state index is 5.11. The summed E-state index contributed by atoms with van der Waals surface area (Å²) in [5.41, 5.74) is 1.10. The van der Waals surface area contributed by atoms with Gasteiger partial charge in [0.25, 0.3) is 0 Å². The van der Waals surface area contributed by atoms with Gasteiger partial charge in [-0.05, 0) is 6.42 Å². The van der Waals surface area contributed by atoms with Crippen molar-refractivity contribution in [2.45, 2.75) is 32.7 Å². The molecule has 0 amide bonds. The first-order valence-corrected chi connectivity index (χ1v) is 5.53. The van der Waals surface area contributed by atoms with Crippen molar-refractivity contribution in [2.75, 3.05) is 18.5 Å². The average Bonchev–Trinajstić information content (AvgIpc) is 2.23. The van der Waals surface area contributed by atoms with Gasteiger partial charge in [-0.3, -0.25) is 0 Å². The zero-order valence-electron chi connectivity index (χ0n) is 9.29. The molecular weight excluding hydrogens is 190 g/mol. The molecular formula is C11H17N3O. The third-order valence-electron chi connectivity index (χ3n) is 2.49. The Labute approximate surface area is 90.1 Å². The fraction of sp³-hybridized carbons (Fsp3) is 0.636. The van der Waals surface area contributed by atoms with Gasteiger partial charge >= 0.3 is 0 Å². The van der Waals surface area contributed by atoms with Crippen molar-refractivity contribution in [3.63, 3.8) is 0 Å². The third-order valence-corrected chi connectivity index (χ3v) is 2.49. The first kappa shape index (κ1) is 10.4. The van der Waals surface area contributed by atoms with E-state index in [2.05, 4.69) is 29.1 Å². The molecule has 1 aromatic rings. The van der Waals surface area contributed by atoms with Crippen molar-refractivity contribution in [1.29, 1.82) is 0 Å². The second-order valence-electron chi connectivity index (χ2n) is 3.75. The van der Waals surface area contributed by atoms with Crippen LogP contribution in [-0.4, -0.2) is 29.2 Å². The maximum absolute atomic E-state index is 5.11. The molecule has 0 radical (unpaired) electrons. The summed E-state index contributed by atoms with van der Waals surface area (Å²) in [6.07, 6.45) is 1.83. The number of hydrogen-bond acceptors (Lipinski definition) is 4. The number of aromatic nitrogens is 2. The average molecular weight is 207 g/mol. The largest absolute Gasteiger partial charge is 0.377 e. The van der Waals surface area contributed by atoms with Crippen molar-refractivity contribution in [3.8, 4) is 0 Å². The van der Waals surface area contributed by atoms with Crippen LogP contribution < -0.4 is 5.32 Å². The van der Waals surface area contributed by atoms with E-state index in [1.807, 2.05) is 6.07 Å². The molecule has 1 aliphatic rings. The number of nitrogens with zero attached hydrogens (tertiary/aromatic N) is 2. The number of rotatable bonds is 4. The molecule has 0 aliphatic carbocycles. The Morgan fingerprint density at radius 3 is 2.67 bits per heavy atom. The van der Waals surface area contributed by atoms with Gasteiger partial charge in [-0.15, -0.1) is 0 Å². The molecule has 0 aromatic carbocycles. The molecule has 0 spiro atoms. The number of aryl methyl sites for hydroxylation is 2. The molecule has 2 rings (SSSR count). The van der Waals surface area contributed by atoms with E-state index in [0.717, 1.165) is 43.4 Å². The van der Waals surface area contributed by atoms with Crippen LogP contribution >= 0.6 is 0 Å². The Balaban J connectivity index is 2.13. The van der Waals surface area contributed by atoms with E-state index in [9.17, 15) is 0 Å². The van der Waals surface area contributed by atoms with Gasteiger partial charge < -0.3 is 10.1 Å². The molecule has 0 saturated carbocycles. The smallest absolute Gasteiger partial charge is 0.130 e. The summed E-state index contributed by atoms with van der Waals surface area (Å²) < 4.78 is 5.11. The monoisotopic (exact) mass is 207 g/mol. The second kappa shape index (κ2) is 4.57. The summed E-state index contributed by atoms with van der Waals surface area (Å²) in [6, 6.07) is 2.45. The molecule has 0 atom stereocenters. The van der Waals surface area contributed by atoms with E-state index in [1.165, 1.54) is 0 Å². The van der Waals surface area contributed by atoms with Gasteiger partial charge in [0.2, 0.25) is 0 Å². The van der Waals surface area contributed by atoms with Crippen LogP contribution in [0.2, 0.25) is 0 Å². The summed E-state index contributed by atoms with van der Waals surface area (Å²) in [4.78, 5) is 8.88. The molecule has 1 fully saturated rings. The summed E-state index contributed by atoms with van der Waals surface area (Å²) >= 11 is 0. The number of nitrogens with one attached hydrogen (secondary N) is 1. The van der Waals surface area contributed by atoms with Crippen LogP contribution in [0.15, 0.2) is 6.07 Å². The first-order chi connectivity index (χ1) is 7.31. The van der Waals surface area contributed by atoms with Crippen LogP contribution in [-0.2, 0) is 17.6 Å². The summed E-state index contributed by atoms with van der Waals surface area (Å²) in [5, 5.41) is 3.35. The highest BCUT2D eigenvalue weighted by Crippen LogP contribution is 2.12. The van der Waals surface area contributed by atoms with Gasteiger partial charge in [0.1, 0.15) is 11.6 Å². The minimum Gasteiger partial charge on any atom is -0.377 e. The van der Waals surface area contributed by atoms with E-state index in [-0.39, 0.29) is 0 Å². The van der Waals surface area contributed by atoms with Gasteiger partial charge in [-0.25, -0.2) is 9.97 Å². The highest BCUT2D eigenvalue weighted by molar-refractivity contribution is 5.37. The quantitative estimate of drug-likeness (QED) is 0.811. The maximum Gasteiger partial charge on any atom is 0.130 e. The summed E-state index contributed by atoms with van der Waals surface area (Å²) in [7, 11) is 0. The highest BCUT2D eigenvalue weighted by Gasteiger charge is 2.18. The van der Waals surface area contributed by atoms with Crippen molar-refractivity contribution < 1.29 is 4.74 Å². The minimum absolute atomic E-state index is 0.425. The van der Waals surface area contributed by atoms with Gasteiger partial charge in [-0.2, -0.15) is 0 Å². The zero-order chi connectivity index (χ0) is 10.7. The number of anilines is 1. The fourth-order valence-electron chi connectivity index (χ4n) is 1.49. The van der Waals surface area contributed by atoms with Gasteiger partial charge in [0, 0.05) is 18.2 Å². The molecule has 0 unspecified atom stereocenters. The summed E-state index contributed by atoms with van der Waals surface area (Å²) in [5.74, 6) is 1.85. The number of hydrogen-bond donors (Lipinski definition) is 1. The molecule has 82 valence electrons. The Kier molecular flexibility index (Phi) is 3.16. The second-order valence-corrected chi connectivity index (χ2v) is 3.75. The summed E-state index contributed by atoms with van der Waals surface area (Å²) in [6.45, 7) is 5.75. The normalized spacial score (nSPS) is 16.1. The van der Waals surface area contributed by atoms with Gasteiger partial charge in [0.15, 0.2) is 0 Å². The fourth-order valence-corrected chi connectivity index (χ4v) is 1.49. The van der Waals surface area contributed by atoms with Crippen molar-refractivity contribution in [3.05, 3.63) is 17.6 Å². The molecule has 1 N–H and O–H groups in total. The minimum atomic E-state index is 0.425. The molecule has 1 saturated heterocycles. The van der Waals surface area contributed by atoms with Crippen LogP contribution in [0, 0.1) is 0 Å². The molecule has 2 heterocycles. The van der Waals surface area contributed by atoms with Crippen LogP contribution in [0.4, 0.5) is 5.82 Å². The van der Waals surface area contributed by atoms with Crippen LogP contribution in [0.1, 0.15) is 25.4 Å². The van der Waals surface area contributed by atoms with Crippen LogP contribution in [0.25, 0.3) is 0 Å². The van der Waals surface area contributed by atoms with Crippen LogP contribution in [0.3, 0.4) is 0 Å². The zero-order valence-corrected chi connectivity index (χ0v) is 9.29. The lowest BCUT2D eigenvalue weighted by Crippen LogP contribution is -2.40.